The van der Waals surface area contributed by atoms with Crippen LogP contribution in [0.1, 0.15) is 26.0 Å². The molecule has 1 unspecified atom stereocenters. The molecular formula is C13H25N3O3S. The molecule has 0 bridgehead atoms. The molecule has 1 atom stereocenters. The molecule has 0 fully saturated rings. The molecule has 20 heavy (non-hydrogen) atoms. The Hall–Kier alpha value is -0.890. The van der Waals surface area contributed by atoms with Crippen LogP contribution >= 0.6 is 0 Å². The minimum atomic E-state index is -3.76. The Bertz CT molecular complexity index is 499. The minimum Gasteiger partial charge on any atom is -0.447 e. The fourth-order valence-corrected chi connectivity index (χ4v) is 2.56. The van der Waals surface area contributed by atoms with Gasteiger partial charge in [-0.15, -0.1) is 0 Å². The van der Waals surface area contributed by atoms with Crippen molar-refractivity contribution >= 4 is 10.0 Å². The number of hydrogen-bond donors (Lipinski definition) is 2. The lowest BCUT2D eigenvalue weighted by Gasteiger charge is -2.23. The molecule has 0 radical (unpaired) electrons. The number of nitrogens with two attached hydrogens (primary N) is 1. The van der Waals surface area contributed by atoms with Crippen molar-refractivity contribution in [2.45, 2.75) is 37.9 Å². The van der Waals surface area contributed by atoms with Crippen LogP contribution in [0.2, 0.25) is 0 Å². The van der Waals surface area contributed by atoms with Gasteiger partial charge in [0.05, 0.1) is 6.54 Å². The Morgan fingerprint density at radius 1 is 1.35 bits per heavy atom. The number of nitrogens with zero attached hydrogens (tertiary/aromatic N) is 1. The zero-order chi connectivity index (χ0) is 15.3. The van der Waals surface area contributed by atoms with Gasteiger partial charge in [-0.3, -0.25) is 0 Å². The Morgan fingerprint density at radius 3 is 2.45 bits per heavy atom. The van der Waals surface area contributed by atoms with Gasteiger partial charge >= 0.3 is 0 Å². The average Bonchev–Trinajstić information content (AvgIpc) is 2.72. The Kier molecular flexibility index (Phi) is 6.19. The fourth-order valence-electron chi connectivity index (χ4n) is 2.08. The highest BCUT2D eigenvalue weighted by molar-refractivity contribution is 7.89. The summed E-state index contributed by atoms with van der Waals surface area (Å²) in [6, 6.07) is 3.35. The van der Waals surface area contributed by atoms with Gasteiger partial charge in [-0.2, -0.15) is 0 Å². The van der Waals surface area contributed by atoms with E-state index in [1.807, 2.05) is 14.1 Å². The van der Waals surface area contributed by atoms with E-state index in [0.717, 1.165) is 13.0 Å². The molecule has 0 spiro atoms. The van der Waals surface area contributed by atoms with Gasteiger partial charge in [0.25, 0.3) is 10.0 Å². The minimum absolute atomic E-state index is 0.192. The molecule has 1 aromatic rings. The molecule has 116 valence electrons. The summed E-state index contributed by atoms with van der Waals surface area (Å²) >= 11 is 0. The van der Waals surface area contributed by atoms with E-state index in [9.17, 15) is 8.42 Å². The second-order valence-corrected chi connectivity index (χ2v) is 7.23. The highest BCUT2D eigenvalue weighted by Crippen LogP contribution is 2.13. The van der Waals surface area contributed by atoms with Crippen LogP contribution in [-0.2, 0) is 16.6 Å². The Morgan fingerprint density at radius 2 is 2.00 bits per heavy atom. The van der Waals surface area contributed by atoms with Crippen LogP contribution in [0.3, 0.4) is 0 Å². The number of rotatable bonds is 8. The fraction of sp³-hybridized carbons (Fsp3) is 0.692. The quantitative estimate of drug-likeness (QED) is 0.748. The van der Waals surface area contributed by atoms with Crippen molar-refractivity contribution in [2.75, 3.05) is 20.6 Å². The number of nitrogens with one attached hydrogen (secondary N) is 1. The maximum Gasteiger partial charge on any atom is 0.271 e. The van der Waals surface area contributed by atoms with Gasteiger partial charge < -0.3 is 14.6 Å². The van der Waals surface area contributed by atoms with Crippen molar-refractivity contribution in [2.24, 2.45) is 11.1 Å². The summed E-state index contributed by atoms with van der Waals surface area (Å²) in [4.78, 5) is 2.12. The molecule has 1 rings (SSSR count). The summed E-state index contributed by atoms with van der Waals surface area (Å²) in [5.41, 5.74) is 0. The lowest BCUT2D eigenvalue weighted by atomic mass is 10.0. The van der Waals surface area contributed by atoms with Gasteiger partial charge in [-0.05, 0) is 38.6 Å². The van der Waals surface area contributed by atoms with Crippen molar-refractivity contribution in [3.63, 3.8) is 0 Å². The van der Waals surface area contributed by atoms with E-state index >= 15 is 0 Å². The Labute approximate surface area is 121 Å². The number of hydrogen-bond acceptors (Lipinski definition) is 5. The highest BCUT2D eigenvalue weighted by atomic mass is 32.2. The monoisotopic (exact) mass is 303 g/mol. The first-order valence-electron chi connectivity index (χ1n) is 6.68. The molecule has 0 aromatic carbocycles. The van der Waals surface area contributed by atoms with Gasteiger partial charge in [-0.25, -0.2) is 13.6 Å². The molecule has 7 heteroatoms. The van der Waals surface area contributed by atoms with Gasteiger partial charge in [0, 0.05) is 12.6 Å². The zero-order valence-corrected chi connectivity index (χ0v) is 13.4. The SMILES string of the molecule is CC(C)CC(CN(C)C)NCc1ccc(S(N)(=O)=O)o1. The van der Waals surface area contributed by atoms with E-state index < -0.39 is 10.0 Å². The predicted octanol–water partition coefficient (Wildman–Crippen LogP) is 0.993. The molecule has 1 heterocycles. The van der Waals surface area contributed by atoms with Crippen molar-refractivity contribution in [1.82, 2.24) is 10.2 Å². The molecular weight excluding hydrogens is 278 g/mol. The van der Waals surface area contributed by atoms with Crippen LogP contribution in [0.5, 0.6) is 0 Å². The van der Waals surface area contributed by atoms with Crippen LogP contribution in [0, 0.1) is 5.92 Å². The van der Waals surface area contributed by atoms with Crippen molar-refractivity contribution < 1.29 is 12.8 Å². The first-order chi connectivity index (χ1) is 9.18. The largest absolute Gasteiger partial charge is 0.447 e. The summed E-state index contributed by atoms with van der Waals surface area (Å²) in [6.07, 6.45) is 1.04. The molecule has 6 nitrogen and oxygen atoms in total. The summed E-state index contributed by atoms with van der Waals surface area (Å²) < 4.78 is 27.5. The summed E-state index contributed by atoms with van der Waals surface area (Å²) in [6.45, 7) is 5.76. The number of likely N-dealkylation sites (N-methyl/N-ethyl adjacent to an activating group) is 1. The molecule has 0 saturated carbocycles. The van der Waals surface area contributed by atoms with Crippen LogP contribution in [-0.4, -0.2) is 40.0 Å². The van der Waals surface area contributed by atoms with Crippen LogP contribution in [0.4, 0.5) is 0 Å². The topological polar surface area (TPSA) is 88.6 Å². The molecule has 0 saturated heterocycles. The van der Waals surface area contributed by atoms with Crippen molar-refractivity contribution in [3.05, 3.63) is 17.9 Å². The number of primary sulfonamides is 1. The smallest absolute Gasteiger partial charge is 0.271 e. The second-order valence-electron chi connectivity index (χ2n) is 5.74. The van der Waals surface area contributed by atoms with Gasteiger partial charge in [0.1, 0.15) is 5.76 Å². The van der Waals surface area contributed by atoms with E-state index in [4.69, 9.17) is 9.56 Å². The standard InChI is InChI=1S/C13H25N3O3S/c1-10(2)7-11(9-16(3)4)15-8-12-5-6-13(19-12)20(14,17)18/h5-6,10-11,15H,7-9H2,1-4H3,(H2,14,17,18). The third-order valence-electron chi connectivity index (χ3n) is 2.82. The number of furan rings is 1. The predicted molar refractivity (Wildman–Crippen MR) is 78.7 cm³/mol. The zero-order valence-electron chi connectivity index (χ0n) is 12.6. The van der Waals surface area contributed by atoms with E-state index in [2.05, 4.69) is 24.1 Å². The summed E-state index contributed by atoms with van der Waals surface area (Å²) in [5.74, 6) is 1.16. The van der Waals surface area contributed by atoms with Crippen LogP contribution in [0.25, 0.3) is 0 Å². The van der Waals surface area contributed by atoms with Gasteiger partial charge in [0.15, 0.2) is 0 Å². The molecule has 0 aliphatic carbocycles. The van der Waals surface area contributed by atoms with Crippen LogP contribution in [0.15, 0.2) is 21.6 Å². The van der Waals surface area contributed by atoms with E-state index in [0.29, 0.717) is 24.3 Å². The summed E-state index contributed by atoms with van der Waals surface area (Å²) in [7, 11) is 0.296. The molecule has 0 amide bonds. The third kappa shape index (κ3) is 6.04. The second kappa shape index (κ2) is 7.21. The maximum atomic E-state index is 11.1. The molecule has 1 aromatic heterocycles. The highest BCUT2D eigenvalue weighted by Gasteiger charge is 2.15. The van der Waals surface area contributed by atoms with Crippen molar-refractivity contribution in [1.29, 1.82) is 0 Å². The normalized spacial score (nSPS) is 14.2. The Balaban J connectivity index is 2.60. The van der Waals surface area contributed by atoms with Crippen molar-refractivity contribution in [3.8, 4) is 0 Å². The number of sulfonamides is 1. The lowest BCUT2D eigenvalue weighted by Crippen LogP contribution is -2.38. The first-order valence-corrected chi connectivity index (χ1v) is 8.22. The van der Waals surface area contributed by atoms with E-state index in [-0.39, 0.29) is 5.09 Å². The molecule has 3 N–H and O–H groups in total. The summed E-state index contributed by atoms with van der Waals surface area (Å²) in [5, 5.41) is 8.21. The van der Waals surface area contributed by atoms with Gasteiger partial charge in [-0.1, -0.05) is 13.8 Å². The molecule has 0 aliphatic rings. The molecule has 0 aliphatic heterocycles. The average molecular weight is 303 g/mol. The van der Waals surface area contributed by atoms with E-state index in [1.165, 1.54) is 6.07 Å². The third-order valence-corrected chi connectivity index (χ3v) is 3.60. The van der Waals surface area contributed by atoms with Crippen LogP contribution < -0.4 is 10.5 Å². The lowest BCUT2D eigenvalue weighted by molar-refractivity contribution is 0.295. The maximum absolute atomic E-state index is 11.1. The van der Waals surface area contributed by atoms with Gasteiger partial charge in [0.2, 0.25) is 5.09 Å². The first kappa shape index (κ1) is 17.2. The van der Waals surface area contributed by atoms with E-state index in [1.54, 1.807) is 6.07 Å².